The first-order valence-corrected chi connectivity index (χ1v) is 29.7. The third-order valence-electron chi connectivity index (χ3n) is 15.4. The van der Waals surface area contributed by atoms with E-state index in [0.29, 0.717) is 10.0 Å². The molecule has 0 fully saturated rings. The van der Waals surface area contributed by atoms with Crippen LogP contribution in [-0.2, 0) is 0 Å². The van der Waals surface area contributed by atoms with Crippen LogP contribution in [-0.4, -0.2) is 0 Å². The fourth-order valence-corrected chi connectivity index (χ4v) is 12.6. The standard InChI is InChI=1S/C78H50Br2Cl2/c79-63-43-35-59(36-44-63)75-71(55-27-15-5-16-28-55)67(51-19-7-1-8-20-51)70(54-25-13-4-14-26-54)74(78(75)62-41-49-66(82)50-42-62)58-33-31-57(32-34-58)73-69(53-23-11-3-12-24-53)68(52-21-9-2-10-22-52)72(56-29-17-6-18-30-56)77(61-39-47-65(81)48-40-61)76(73)60-37-45-64(80)46-38-60/h1-50H. The van der Waals surface area contributed by atoms with Crippen molar-refractivity contribution >= 4 is 55.1 Å². The quantitative estimate of drug-likeness (QED) is 0.114. The Hall–Kier alpha value is -8.60. The van der Waals surface area contributed by atoms with E-state index in [4.69, 9.17) is 23.2 Å². The average molecular weight is 1220 g/mol. The molecular formula is C78H50Br2Cl2. The van der Waals surface area contributed by atoms with Gasteiger partial charge >= 0.3 is 0 Å². The van der Waals surface area contributed by atoms with Crippen molar-refractivity contribution in [3.63, 3.8) is 0 Å². The molecule has 4 heteroatoms. The zero-order valence-electron chi connectivity index (χ0n) is 44.4. The van der Waals surface area contributed by atoms with Gasteiger partial charge in [-0.1, -0.05) is 310 Å². The van der Waals surface area contributed by atoms with Gasteiger partial charge in [0.15, 0.2) is 0 Å². The van der Waals surface area contributed by atoms with Gasteiger partial charge < -0.3 is 0 Å². The highest BCUT2D eigenvalue weighted by Crippen LogP contribution is 2.59. The smallest absolute Gasteiger partial charge is 0.0406 e. The molecule has 0 amide bonds. The van der Waals surface area contributed by atoms with Gasteiger partial charge in [-0.15, -0.1) is 0 Å². The van der Waals surface area contributed by atoms with Crippen LogP contribution in [0.5, 0.6) is 0 Å². The first-order valence-electron chi connectivity index (χ1n) is 27.3. The summed E-state index contributed by atoms with van der Waals surface area (Å²) in [5.41, 5.74) is 26.6. The maximum atomic E-state index is 6.83. The minimum atomic E-state index is 0.675. The molecule has 0 aliphatic rings. The van der Waals surface area contributed by atoms with Gasteiger partial charge in [0.1, 0.15) is 0 Å². The number of hydrogen-bond acceptors (Lipinski definition) is 0. The van der Waals surface area contributed by atoms with Crippen molar-refractivity contribution in [3.8, 4) is 134 Å². The first-order chi connectivity index (χ1) is 40.4. The summed E-state index contributed by atoms with van der Waals surface area (Å²) in [6.45, 7) is 0. The molecule has 0 bridgehead atoms. The van der Waals surface area contributed by atoms with E-state index in [-0.39, 0.29) is 0 Å². The van der Waals surface area contributed by atoms with Crippen LogP contribution in [0.3, 0.4) is 0 Å². The molecule has 0 nitrogen and oxygen atoms in total. The highest BCUT2D eigenvalue weighted by Gasteiger charge is 2.32. The van der Waals surface area contributed by atoms with E-state index in [1.165, 1.54) is 0 Å². The summed E-state index contributed by atoms with van der Waals surface area (Å²) in [5.74, 6) is 0. The Morgan fingerprint density at radius 3 is 0.427 bits per heavy atom. The minimum Gasteiger partial charge on any atom is -0.0843 e. The van der Waals surface area contributed by atoms with Crippen molar-refractivity contribution in [2.45, 2.75) is 0 Å². The second kappa shape index (κ2) is 23.5. The second-order valence-corrected chi connectivity index (χ2v) is 23.0. The number of benzene rings is 13. The molecular weight excluding hydrogens is 1170 g/mol. The van der Waals surface area contributed by atoms with E-state index in [9.17, 15) is 0 Å². The zero-order valence-corrected chi connectivity index (χ0v) is 49.1. The molecule has 0 spiro atoms. The van der Waals surface area contributed by atoms with Crippen LogP contribution in [0.4, 0.5) is 0 Å². The van der Waals surface area contributed by atoms with Gasteiger partial charge in [0.25, 0.3) is 0 Å². The van der Waals surface area contributed by atoms with Gasteiger partial charge in [-0.05, 0) is 182 Å². The first kappa shape index (κ1) is 52.8. The van der Waals surface area contributed by atoms with Crippen molar-refractivity contribution in [3.05, 3.63) is 322 Å². The average Bonchev–Trinajstić information content (AvgIpc) is 3.70. The fraction of sp³-hybridized carbons (Fsp3) is 0. The molecule has 0 atom stereocenters. The Morgan fingerprint density at radius 1 is 0.146 bits per heavy atom. The molecule has 82 heavy (non-hydrogen) atoms. The van der Waals surface area contributed by atoms with Crippen LogP contribution in [0, 0.1) is 0 Å². The van der Waals surface area contributed by atoms with Gasteiger partial charge in [0, 0.05) is 19.0 Å². The Kier molecular flexibility index (Phi) is 15.1. The van der Waals surface area contributed by atoms with Gasteiger partial charge in [-0.2, -0.15) is 0 Å². The van der Waals surface area contributed by atoms with Crippen LogP contribution in [0.25, 0.3) is 134 Å². The summed E-state index contributed by atoms with van der Waals surface area (Å²) in [5, 5.41) is 1.35. The summed E-state index contributed by atoms with van der Waals surface area (Å²) >= 11 is 21.2. The molecule has 13 aromatic carbocycles. The summed E-state index contributed by atoms with van der Waals surface area (Å²) in [7, 11) is 0. The molecule has 0 heterocycles. The lowest BCUT2D eigenvalue weighted by atomic mass is 9.73. The van der Waals surface area contributed by atoms with Crippen molar-refractivity contribution in [1.82, 2.24) is 0 Å². The number of rotatable bonds is 12. The van der Waals surface area contributed by atoms with E-state index < -0.39 is 0 Å². The van der Waals surface area contributed by atoms with Crippen LogP contribution < -0.4 is 0 Å². The zero-order chi connectivity index (χ0) is 55.5. The molecule has 13 rings (SSSR count). The SMILES string of the molecule is Clc1ccc(-c2c(-c3ccccc3)c(-c3ccccc3)c(-c3ccccc3)c(-c3ccc(-c4c(-c5ccccc5)c(-c5ccccc5)c(-c5ccccc5)c(-c5ccc(Br)cc5)c4-c4ccc(Cl)cc4)cc3)c2-c2ccc(Br)cc2)cc1. The summed E-state index contributed by atoms with van der Waals surface area (Å²) in [6.07, 6.45) is 0. The lowest BCUT2D eigenvalue weighted by Crippen LogP contribution is -2.03. The Labute approximate surface area is 506 Å². The topological polar surface area (TPSA) is 0 Å². The van der Waals surface area contributed by atoms with E-state index >= 15 is 0 Å². The molecule has 0 saturated carbocycles. The fourth-order valence-electron chi connectivity index (χ4n) is 11.9. The van der Waals surface area contributed by atoms with Crippen molar-refractivity contribution < 1.29 is 0 Å². The molecule has 0 saturated heterocycles. The van der Waals surface area contributed by atoms with E-state index in [1.807, 2.05) is 24.3 Å². The van der Waals surface area contributed by atoms with Gasteiger partial charge in [-0.25, -0.2) is 0 Å². The summed E-state index contributed by atoms with van der Waals surface area (Å²) in [4.78, 5) is 0. The van der Waals surface area contributed by atoms with Crippen LogP contribution in [0.2, 0.25) is 10.0 Å². The summed E-state index contributed by atoms with van der Waals surface area (Å²) < 4.78 is 2.01. The van der Waals surface area contributed by atoms with Crippen molar-refractivity contribution in [2.24, 2.45) is 0 Å². The van der Waals surface area contributed by atoms with E-state index in [1.54, 1.807) is 0 Å². The molecule has 0 radical (unpaired) electrons. The highest BCUT2D eigenvalue weighted by molar-refractivity contribution is 9.10. The monoisotopic (exact) mass is 1210 g/mol. The van der Waals surface area contributed by atoms with Gasteiger partial charge in [-0.3, -0.25) is 0 Å². The maximum Gasteiger partial charge on any atom is 0.0406 e. The Morgan fingerprint density at radius 2 is 0.268 bits per heavy atom. The van der Waals surface area contributed by atoms with E-state index in [0.717, 1.165) is 142 Å². The van der Waals surface area contributed by atoms with Crippen LogP contribution >= 0.6 is 55.1 Å². The lowest BCUT2D eigenvalue weighted by Gasteiger charge is -2.30. The molecule has 390 valence electrons. The van der Waals surface area contributed by atoms with Crippen LogP contribution in [0.1, 0.15) is 0 Å². The molecule has 0 N–H and O–H groups in total. The Bertz CT molecular complexity index is 4070. The molecule has 0 aliphatic carbocycles. The molecule has 0 unspecified atom stereocenters. The van der Waals surface area contributed by atoms with Crippen LogP contribution in [0.15, 0.2) is 312 Å². The molecule has 0 aliphatic heterocycles. The predicted octanol–water partition coefficient (Wildman–Crippen LogP) is 24.5. The van der Waals surface area contributed by atoms with Crippen molar-refractivity contribution in [1.29, 1.82) is 0 Å². The third kappa shape index (κ3) is 10.3. The molecule has 13 aromatic rings. The van der Waals surface area contributed by atoms with Crippen molar-refractivity contribution in [2.75, 3.05) is 0 Å². The number of hydrogen-bond donors (Lipinski definition) is 0. The maximum absolute atomic E-state index is 6.83. The lowest BCUT2D eigenvalue weighted by molar-refractivity contribution is 1.50. The Balaban J connectivity index is 1.22. The normalized spacial score (nSPS) is 11.2. The predicted molar refractivity (Wildman–Crippen MR) is 357 cm³/mol. The van der Waals surface area contributed by atoms with Gasteiger partial charge in [0.05, 0.1) is 0 Å². The summed E-state index contributed by atoms with van der Waals surface area (Å²) in [6, 6.07) is 109. The second-order valence-electron chi connectivity index (χ2n) is 20.3. The third-order valence-corrected chi connectivity index (χ3v) is 16.9. The number of halogens is 4. The van der Waals surface area contributed by atoms with Gasteiger partial charge in [0.2, 0.25) is 0 Å². The largest absolute Gasteiger partial charge is 0.0843 e. The molecule has 0 aromatic heterocycles. The van der Waals surface area contributed by atoms with E-state index in [2.05, 4.69) is 311 Å². The highest BCUT2D eigenvalue weighted by atomic mass is 79.9. The minimum absolute atomic E-state index is 0.675.